The highest BCUT2D eigenvalue weighted by Gasteiger charge is 2.21. The lowest BCUT2D eigenvalue weighted by Crippen LogP contribution is -2.50. The molecule has 0 aliphatic carbocycles. The van der Waals surface area contributed by atoms with Crippen LogP contribution in [0.25, 0.3) is 0 Å². The minimum absolute atomic E-state index is 0.415. The van der Waals surface area contributed by atoms with Gasteiger partial charge in [0, 0.05) is 38.1 Å². The Morgan fingerprint density at radius 1 is 1.50 bits per heavy atom. The average molecular weight is 213 g/mol. The van der Waals surface area contributed by atoms with Crippen LogP contribution in [0.15, 0.2) is 12.4 Å². The molecule has 5 heteroatoms. The van der Waals surface area contributed by atoms with E-state index in [4.69, 9.17) is 11.6 Å². The molecule has 1 unspecified atom stereocenters. The first-order chi connectivity index (χ1) is 6.79. The SMILES string of the molecule is CC1CNCCN1c1nccnc1Cl. The van der Waals surface area contributed by atoms with Crippen molar-refractivity contribution in [1.29, 1.82) is 0 Å². The Morgan fingerprint density at radius 2 is 2.29 bits per heavy atom. The molecule has 0 amide bonds. The van der Waals surface area contributed by atoms with Gasteiger partial charge in [0.2, 0.25) is 0 Å². The number of anilines is 1. The van der Waals surface area contributed by atoms with E-state index >= 15 is 0 Å². The molecular weight excluding hydrogens is 200 g/mol. The molecule has 1 aromatic heterocycles. The summed E-state index contributed by atoms with van der Waals surface area (Å²) in [5.41, 5.74) is 0. The van der Waals surface area contributed by atoms with Crippen molar-refractivity contribution in [3.63, 3.8) is 0 Å². The van der Waals surface area contributed by atoms with Crippen molar-refractivity contribution in [2.75, 3.05) is 24.5 Å². The summed E-state index contributed by atoms with van der Waals surface area (Å²) in [5.74, 6) is 0.795. The van der Waals surface area contributed by atoms with E-state index in [9.17, 15) is 0 Å². The maximum Gasteiger partial charge on any atom is 0.171 e. The second-order valence-electron chi connectivity index (χ2n) is 3.42. The Bertz CT molecular complexity index is 317. The van der Waals surface area contributed by atoms with Gasteiger partial charge in [-0.1, -0.05) is 11.6 Å². The Morgan fingerprint density at radius 3 is 3.00 bits per heavy atom. The predicted molar refractivity (Wildman–Crippen MR) is 56.7 cm³/mol. The van der Waals surface area contributed by atoms with Crippen molar-refractivity contribution in [2.45, 2.75) is 13.0 Å². The lowest BCUT2D eigenvalue weighted by Gasteiger charge is -2.34. The van der Waals surface area contributed by atoms with Gasteiger partial charge < -0.3 is 10.2 Å². The van der Waals surface area contributed by atoms with Crippen LogP contribution in [-0.2, 0) is 0 Å². The Labute approximate surface area is 88.3 Å². The van der Waals surface area contributed by atoms with Crippen LogP contribution in [-0.4, -0.2) is 35.6 Å². The summed E-state index contributed by atoms with van der Waals surface area (Å²) in [6.07, 6.45) is 3.29. The minimum Gasteiger partial charge on any atom is -0.349 e. The third-order valence-electron chi connectivity index (χ3n) is 2.41. The number of hydrogen-bond donors (Lipinski definition) is 1. The fourth-order valence-electron chi connectivity index (χ4n) is 1.66. The number of aromatic nitrogens is 2. The molecule has 1 saturated heterocycles. The largest absolute Gasteiger partial charge is 0.349 e. The first kappa shape index (κ1) is 9.68. The van der Waals surface area contributed by atoms with Gasteiger partial charge in [-0.25, -0.2) is 9.97 Å². The first-order valence-electron chi connectivity index (χ1n) is 4.73. The van der Waals surface area contributed by atoms with Gasteiger partial charge in [0.05, 0.1) is 0 Å². The summed E-state index contributed by atoms with van der Waals surface area (Å²) >= 11 is 5.99. The van der Waals surface area contributed by atoms with Gasteiger partial charge in [0.25, 0.3) is 0 Å². The van der Waals surface area contributed by atoms with Crippen LogP contribution in [0.1, 0.15) is 6.92 Å². The lowest BCUT2D eigenvalue weighted by atomic mass is 10.2. The number of rotatable bonds is 1. The van der Waals surface area contributed by atoms with Crippen molar-refractivity contribution in [3.05, 3.63) is 17.5 Å². The Hall–Kier alpha value is -0.870. The van der Waals surface area contributed by atoms with Crippen molar-refractivity contribution in [1.82, 2.24) is 15.3 Å². The summed E-state index contributed by atoms with van der Waals surface area (Å²) in [7, 11) is 0. The smallest absolute Gasteiger partial charge is 0.171 e. The highest BCUT2D eigenvalue weighted by Crippen LogP contribution is 2.22. The van der Waals surface area contributed by atoms with Gasteiger partial charge >= 0.3 is 0 Å². The van der Waals surface area contributed by atoms with Gasteiger partial charge in [0.1, 0.15) is 0 Å². The molecule has 1 aliphatic heterocycles. The van der Waals surface area contributed by atoms with E-state index in [1.165, 1.54) is 0 Å². The highest BCUT2D eigenvalue weighted by molar-refractivity contribution is 6.31. The molecule has 0 spiro atoms. The standard InChI is InChI=1S/C9H13ClN4/c1-7-6-11-4-5-14(7)9-8(10)12-2-3-13-9/h2-3,7,11H,4-6H2,1H3. The van der Waals surface area contributed by atoms with E-state index in [2.05, 4.69) is 27.1 Å². The van der Waals surface area contributed by atoms with E-state index < -0.39 is 0 Å². The predicted octanol–water partition coefficient (Wildman–Crippen LogP) is 0.928. The number of halogens is 1. The summed E-state index contributed by atoms with van der Waals surface area (Å²) < 4.78 is 0. The van der Waals surface area contributed by atoms with Gasteiger partial charge in [-0.15, -0.1) is 0 Å². The quantitative estimate of drug-likeness (QED) is 0.752. The second-order valence-corrected chi connectivity index (χ2v) is 3.78. The van der Waals surface area contributed by atoms with Gasteiger partial charge in [-0.2, -0.15) is 0 Å². The van der Waals surface area contributed by atoms with E-state index in [-0.39, 0.29) is 0 Å². The molecule has 1 fully saturated rings. The van der Waals surface area contributed by atoms with E-state index in [1.54, 1.807) is 12.4 Å². The fourth-order valence-corrected chi connectivity index (χ4v) is 1.88. The molecule has 1 aromatic rings. The molecule has 2 heterocycles. The van der Waals surface area contributed by atoms with Gasteiger partial charge in [-0.3, -0.25) is 0 Å². The summed E-state index contributed by atoms with van der Waals surface area (Å²) in [6, 6.07) is 0.415. The third-order valence-corrected chi connectivity index (χ3v) is 2.68. The van der Waals surface area contributed by atoms with Crippen LogP contribution in [0, 0.1) is 0 Å². The highest BCUT2D eigenvalue weighted by atomic mass is 35.5. The normalized spacial score (nSPS) is 22.4. The molecule has 14 heavy (non-hydrogen) atoms. The topological polar surface area (TPSA) is 41.0 Å². The number of hydrogen-bond acceptors (Lipinski definition) is 4. The molecule has 1 aliphatic rings. The summed E-state index contributed by atoms with van der Waals surface area (Å²) in [5, 5.41) is 3.81. The van der Waals surface area contributed by atoms with Gasteiger partial charge in [-0.05, 0) is 6.92 Å². The van der Waals surface area contributed by atoms with Crippen molar-refractivity contribution < 1.29 is 0 Å². The second kappa shape index (κ2) is 4.11. The third kappa shape index (κ3) is 1.81. The molecule has 0 saturated carbocycles. The molecule has 0 radical (unpaired) electrons. The average Bonchev–Trinajstić information content (AvgIpc) is 2.20. The molecule has 1 atom stereocenters. The van der Waals surface area contributed by atoms with E-state index in [0.29, 0.717) is 11.2 Å². The van der Waals surface area contributed by atoms with Crippen LogP contribution in [0.4, 0.5) is 5.82 Å². The minimum atomic E-state index is 0.415. The Kier molecular flexibility index (Phi) is 2.84. The number of piperazine rings is 1. The van der Waals surface area contributed by atoms with Crippen LogP contribution in [0.5, 0.6) is 0 Å². The monoisotopic (exact) mass is 212 g/mol. The molecule has 1 N–H and O–H groups in total. The molecule has 2 rings (SSSR count). The van der Waals surface area contributed by atoms with Crippen molar-refractivity contribution in [3.8, 4) is 0 Å². The summed E-state index contributed by atoms with van der Waals surface area (Å²) in [6.45, 7) is 5.01. The van der Waals surface area contributed by atoms with Crippen LogP contribution < -0.4 is 10.2 Å². The molecule has 4 nitrogen and oxygen atoms in total. The molecular formula is C9H13ClN4. The maximum absolute atomic E-state index is 5.99. The zero-order valence-corrected chi connectivity index (χ0v) is 8.83. The summed E-state index contributed by atoms with van der Waals surface area (Å²) in [4.78, 5) is 10.5. The molecule has 0 aromatic carbocycles. The van der Waals surface area contributed by atoms with Crippen molar-refractivity contribution >= 4 is 17.4 Å². The number of nitrogens with one attached hydrogen (secondary N) is 1. The Balaban J connectivity index is 2.25. The van der Waals surface area contributed by atoms with E-state index in [1.807, 2.05) is 0 Å². The van der Waals surface area contributed by atoms with E-state index in [0.717, 1.165) is 25.5 Å². The lowest BCUT2D eigenvalue weighted by molar-refractivity contribution is 0.496. The maximum atomic E-state index is 5.99. The zero-order chi connectivity index (χ0) is 9.97. The van der Waals surface area contributed by atoms with Crippen molar-refractivity contribution in [2.24, 2.45) is 0 Å². The number of nitrogens with zero attached hydrogens (tertiary/aromatic N) is 3. The molecule has 76 valence electrons. The van der Waals surface area contributed by atoms with Crippen LogP contribution >= 0.6 is 11.6 Å². The van der Waals surface area contributed by atoms with Crippen LogP contribution in [0.2, 0.25) is 5.15 Å². The van der Waals surface area contributed by atoms with Crippen LogP contribution in [0.3, 0.4) is 0 Å². The first-order valence-corrected chi connectivity index (χ1v) is 5.10. The molecule has 0 bridgehead atoms. The fraction of sp³-hybridized carbons (Fsp3) is 0.556. The van der Waals surface area contributed by atoms with Gasteiger partial charge in [0.15, 0.2) is 11.0 Å². The zero-order valence-electron chi connectivity index (χ0n) is 8.07.